The zero-order chi connectivity index (χ0) is 9.83. The summed E-state index contributed by atoms with van der Waals surface area (Å²) in [6, 6.07) is 9.07. The minimum Gasteiger partial charge on any atom is -0.0847 e. The van der Waals surface area contributed by atoms with Crippen molar-refractivity contribution in [1.82, 2.24) is 0 Å². The Labute approximate surface area is 91.0 Å². The molecular weight excluding hydrogens is 180 g/mol. The van der Waals surface area contributed by atoms with Gasteiger partial charge in [-0.2, -0.15) is 0 Å². The predicted octanol–water partition coefficient (Wildman–Crippen LogP) is 3.37. The van der Waals surface area contributed by atoms with E-state index in [9.17, 15) is 0 Å². The fourth-order valence-corrected chi connectivity index (χ4v) is 4.04. The van der Waals surface area contributed by atoms with E-state index in [1.54, 1.807) is 16.7 Å². The maximum atomic E-state index is 2.53. The Bertz CT molecular complexity index is 441. The van der Waals surface area contributed by atoms with Crippen LogP contribution in [0.5, 0.6) is 0 Å². The van der Waals surface area contributed by atoms with Gasteiger partial charge in [-0.25, -0.2) is 0 Å². The molecule has 4 rings (SSSR count). The molecule has 1 aromatic carbocycles. The first-order valence-electron chi connectivity index (χ1n) is 6.17. The van der Waals surface area contributed by atoms with Gasteiger partial charge in [0.2, 0.25) is 0 Å². The number of fused-ring (bicyclic) bond motifs is 6. The predicted molar refractivity (Wildman–Crippen MR) is 61.6 cm³/mol. The molecule has 0 heteroatoms. The van der Waals surface area contributed by atoms with Gasteiger partial charge in [0.15, 0.2) is 0 Å². The molecule has 1 aromatic rings. The van der Waals surface area contributed by atoms with Crippen LogP contribution in [0.4, 0.5) is 0 Å². The summed E-state index contributed by atoms with van der Waals surface area (Å²) in [6.07, 6.45) is 7.99. The monoisotopic (exact) mass is 196 g/mol. The molecule has 3 unspecified atom stereocenters. The van der Waals surface area contributed by atoms with Gasteiger partial charge in [0.1, 0.15) is 0 Å². The molecule has 0 aliphatic heterocycles. The summed E-state index contributed by atoms with van der Waals surface area (Å²) < 4.78 is 0. The molecule has 0 saturated heterocycles. The first-order chi connectivity index (χ1) is 7.42. The van der Waals surface area contributed by atoms with Gasteiger partial charge in [-0.05, 0) is 54.6 Å². The number of allylic oxidation sites excluding steroid dienone is 2. The summed E-state index contributed by atoms with van der Waals surface area (Å²) >= 11 is 0. The van der Waals surface area contributed by atoms with Crippen LogP contribution in [0.25, 0.3) is 0 Å². The highest BCUT2D eigenvalue weighted by molar-refractivity contribution is 5.36. The average Bonchev–Trinajstić information content (AvgIpc) is 2.87. The maximum Gasteiger partial charge on any atom is -0.0128 e. The molecule has 0 heterocycles. The number of rotatable bonds is 0. The lowest BCUT2D eigenvalue weighted by molar-refractivity contribution is 0.293. The van der Waals surface area contributed by atoms with Crippen LogP contribution in [0.1, 0.15) is 24.0 Å². The molecule has 76 valence electrons. The van der Waals surface area contributed by atoms with E-state index in [4.69, 9.17) is 0 Å². The standard InChI is InChI=1S/C15H16/c1-2-4-11-9-15-13-6-5-12(7-13)14(15)8-10(11)3-1/h1-5,13-15H,6-9H2. The van der Waals surface area contributed by atoms with Crippen LogP contribution in [0.3, 0.4) is 0 Å². The molecule has 0 radical (unpaired) electrons. The van der Waals surface area contributed by atoms with Crippen molar-refractivity contribution in [2.45, 2.75) is 25.7 Å². The van der Waals surface area contributed by atoms with E-state index in [0.29, 0.717) is 0 Å². The van der Waals surface area contributed by atoms with Crippen LogP contribution in [0, 0.1) is 17.8 Å². The normalized spacial score (nSPS) is 36.0. The third-order valence-electron chi connectivity index (χ3n) is 4.79. The van der Waals surface area contributed by atoms with Gasteiger partial charge in [0.05, 0.1) is 0 Å². The molecule has 0 nitrogen and oxygen atoms in total. The first-order valence-corrected chi connectivity index (χ1v) is 6.17. The molecular formula is C15H16. The zero-order valence-corrected chi connectivity index (χ0v) is 8.95. The van der Waals surface area contributed by atoms with E-state index >= 15 is 0 Å². The Kier molecular flexibility index (Phi) is 1.49. The van der Waals surface area contributed by atoms with Crippen LogP contribution in [0.2, 0.25) is 0 Å². The van der Waals surface area contributed by atoms with E-state index in [0.717, 1.165) is 17.8 Å². The van der Waals surface area contributed by atoms with Crippen molar-refractivity contribution in [2.75, 3.05) is 0 Å². The minimum atomic E-state index is 0.915. The zero-order valence-electron chi connectivity index (χ0n) is 8.95. The quantitative estimate of drug-likeness (QED) is 0.558. The molecule has 1 saturated carbocycles. The molecule has 0 spiro atoms. The fourth-order valence-electron chi connectivity index (χ4n) is 4.04. The summed E-state index contributed by atoms with van der Waals surface area (Å²) in [6.45, 7) is 0. The highest BCUT2D eigenvalue weighted by atomic mass is 14.5. The Morgan fingerprint density at radius 2 is 1.73 bits per heavy atom. The van der Waals surface area contributed by atoms with Crippen molar-refractivity contribution in [3.63, 3.8) is 0 Å². The van der Waals surface area contributed by atoms with Crippen LogP contribution in [0.15, 0.2) is 35.9 Å². The Morgan fingerprint density at radius 3 is 2.60 bits per heavy atom. The second kappa shape index (κ2) is 2.75. The van der Waals surface area contributed by atoms with Crippen LogP contribution >= 0.6 is 0 Å². The molecule has 0 N–H and O–H groups in total. The third-order valence-corrected chi connectivity index (χ3v) is 4.79. The molecule has 3 atom stereocenters. The molecule has 0 amide bonds. The lowest BCUT2D eigenvalue weighted by Crippen LogP contribution is -2.27. The Hall–Kier alpha value is -1.04. The first kappa shape index (κ1) is 8.15. The SMILES string of the molecule is C1=C2CC(C1)C1Cc3ccccc3CC21. The van der Waals surface area contributed by atoms with Gasteiger partial charge in [-0.3, -0.25) is 0 Å². The second-order valence-electron chi connectivity index (χ2n) is 5.43. The van der Waals surface area contributed by atoms with E-state index in [2.05, 4.69) is 30.3 Å². The number of benzene rings is 1. The largest absolute Gasteiger partial charge is 0.0847 e. The van der Waals surface area contributed by atoms with E-state index < -0.39 is 0 Å². The lowest BCUT2D eigenvalue weighted by Gasteiger charge is -2.33. The van der Waals surface area contributed by atoms with Crippen molar-refractivity contribution in [1.29, 1.82) is 0 Å². The second-order valence-corrected chi connectivity index (χ2v) is 5.43. The van der Waals surface area contributed by atoms with Crippen molar-refractivity contribution < 1.29 is 0 Å². The minimum absolute atomic E-state index is 0.915. The van der Waals surface area contributed by atoms with Crippen LogP contribution in [-0.2, 0) is 12.8 Å². The Morgan fingerprint density at radius 1 is 0.933 bits per heavy atom. The van der Waals surface area contributed by atoms with Gasteiger partial charge in [-0.1, -0.05) is 35.9 Å². The van der Waals surface area contributed by atoms with Crippen LogP contribution in [-0.4, -0.2) is 0 Å². The van der Waals surface area contributed by atoms with Gasteiger partial charge in [0.25, 0.3) is 0 Å². The molecule has 3 aliphatic carbocycles. The average molecular weight is 196 g/mol. The van der Waals surface area contributed by atoms with Crippen molar-refractivity contribution in [2.24, 2.45) is 17.8 Å². The van der Waals surface area contributed by atoms with Gasteiger partial charge in [0, 0.05) is 0 Å². The summed E-state index contributed by atoms with van der Waals surface area (Å²) in [7, 11) is 0. The van der Waals surface area contributed by atoms with E-state index in [1.165, 1.54) is 25.7 Å². The van der Waals surface area contributed by atoms with Gasteiger partial charge in [-0.15, -0.1) is 0 Å². The van der Waals surface area contributed by atoms with E-state index in [-0.39, 0.29) is 0 Å². The molecule has 3 aliphatic rings. The molecule has 2 bridgehead atoms. The van der Waals surface area contributed by atoms with Gasteiger partial charge >= 0.3 is 0 Å². The summed E-state index contributed by atoms with van der Waals surface area (Å²) in [5.74, 6) is 2.90. The highest BCUT2D eigenvalue weighted by Crippen LogP contribution is 2.53. The fraction of sp³-hybridized carbons (Fsp3) is 0.467. The Balaban J connectivity index is 1.79. The maximum absolute atomic E-state index is 2.53. The summed E-state index contributed by atoms with van der Waals surface area (Å²) in [4.78, 5) is 0. The third kappa shape index (κ3) is 1.03. The smallest absolute Gasteiger partial charge is 0.0128 e. The van der Waals surface area contributed by atoms with Gasteiger partial charge < -0.3 is 0 Å². The summed E-state index contributed by atoms with van der Waals surface area (Å²) in [5.41, 5.74) is 5.04. The number of hydrogen-bond donors (Lipinski definition) is 0. The van der Waals surface area contributed by atoms with E-state index in [1.807, 2.05) is 0 Å². The molecule has 1 fully saturated rings. The van der Waals surface area contributed by atoms with Crippen LogP contribution < -0.4 is 0 Å². The molecule has 15 heavy (non-hydrogen) atoms. The topological polar surface area (TPSA) is 0 Å². The highest BCUT2D eigenvalue weighted by Gasteiger charge is 2.44. The van der Waals surface area contributed by atoms with Crippen molar-refractivity contribution >= 4 is 0 Å². The molecule has 0 aromatic heterocycles. The van der Waals surface area contributed by atoms with Crippen molar-refractivity contribution in [3.05, 3.63) is 47.0 Å². The summed E-state index contributed by atoms with van der Waals surface area (Å²) in [5, 5.41) is 0. The number of hydrogen-bond acceptors (Lipinski definition) is 0. The van der Waals surface area contributed by atoms with Crippen molar-refractivity contribution in [3.8, 4) is 0 Å². The lowest BCUT2D eigenvalue weighted by atomic mass is 9.71.